The first-order chi connectivity index (χ1) is 13.5. The van der Waals surface area contributed by atoms with Crippen LogP contribution in [0, 0.1) is 20.8 Å². The van der Waals surface area contributed by atoms with Gasteiger partial charge in [-0.3, -0.25) is 4.79 Å². The number of hydrogen-bond acceptors (Lipinski definition) is 7. The van der Waals surface area contributed by atoms with Gasteiger partial charge in [-0.15, -0.1) is 10.2 Å². The maximum absolute atomic E-state index is 12.7. The number of aryl methyl sites for hydroxylation is 2. The van der Waals surface area contributed by atoms with E-state index in [-0.39, 0.29) is 5.78 Å². The lowest BCUT2D eigenvalue weighted by atomic mass is 10.2. The van der Waals surface area contributed by atoms with Crippen molar-refractivity contribution in [2.24, 2.45) is 0 Å². The van der Waals surface area contributed by atoms with Crippen LogP contribution in [0.5, 0.6) is 0 Å². The molecule has 3 aromatic rings. The molecule has 0 aliphatic rings. The Labute approximate surface area is 173 Å². The molecule has 0 fully saturated rings. The number of hydrogen-bond donors (Lipinski definition) is 1. The zero-order valence-electron chi connectivity index (χ0n) is 16.5. The second kappa shape index (κ2) is 9.36. The van der Waals surface area contributed by atoms with Crippen molar-refractivity contribution in [1.29, 1.82) is 0 Å². The third-order valence-corrected chi connectivity index (χ3v) is 6.40. The summed E-state index contributed by atoms with van der Waals surface area (Å²) in [6, 6.07) is 10.1. The minimum atomic E-state index is 0.102. The average molecular weight is 417 g/mol. The predicted octanol–water partition coefficient (Wildman–Crippen LogP) is 4.63. The summed E-state index contributed by atoms with van der Waals surface area (Å²) in [4.78, 5) is 12.7. The molecule has 0 spiro atoms. The number of ether oxygens (including phenoxy) is 1. The van der Waals surface area contributed by atoms with E-state index in [0.717, 1.165) is 38.7 Å². The fourth-order valence-corrected chi connectivity index (χ4v) is 4.55. The molecule has 0 radical (unpaired) electrons. The van der Waals surface area contributed by atoms with E-state index in [9.17, 15) is 4.79 Å². The fourth-order valence-electron chi connectivity index (χ4n) is 2.89. The molecule has 0 saturated carbocycles. The molecule has 0 aliphatic heterocycles. The van der Waals surface area contributed by atoms with E-state index in [1.54, 1.807) is 7.11 Å². The monoisotopic (exact) mass is 416 g/mol. The predicted molar refractivity (Wildman–Crippen MR) is 115 cm³/mol. The van der Waals surface area contributed by atoms with Crippen LogP contribution in [0.2, 0.25) is 0 Å². The van der Waals surface area contributed by atoms with Gasteiger partial charge in [-0.25, -0.2) is 0 Å². The summed E-state index contributed by atoms with van der Waals surface area (Å²) in [5.74, 6) is 0.443. The standard InChI is InChI=1S/C20H24N4O2S2/c1-13-5-7-16(8-6-13)21-19-22-23-20(28-19)27-12-18(25)17-11-14(2)24(15(17)3)9-10-26-4/h5-8,11H,9-10,12H2,1-4H3,(H,21,22). The molecule has 6 nitrogen and oxygen atoms in total. The van der Waals surface area contributed by atoms with Gasteiger partial charge in [-0.2, -0.15) is 0 Å². The number of benzene rings is 1. The van der Waals surface area contributed by atoms with Gasteiger partial charge in [0.15, 0.2) is 10.1 Å². The van der Waals surface area contributed by atoms with Gasteiger partial charge in [-0.05, 0) is 39.0 Å². The van der Waals surface area contributed by atoms with Crippen LogP contribution < -0.4 is 5.32 Å². The molecule has 1 N–H and O–H groups in total. The van der Waals surface area contributed by atoms with E-state index >= 15 is 0 Å². The van der Waals surface area contributed by atoms with E-state index < -0.39 is 0 Å². The Balaban J connectivity index is 1.59. The smallest absolute Gasteiger partial charge is 0.210 e. The number of carbonyl (C=O) groups is 1. The first-order valence-electron chi connectivity index (χ1n) is 8.97. The molecule has 0 saturated heterocycles. The third-order valence-electron chi connectivity index (χ3n) is 4.43. The Bertz CT molecular complexity index is 948. The van der Waals surface area contributed by atoms with Gasteiger partial charge in [0.25, 0.3) is 0 Å². The molecule has 2 aromatic heterocycles. The molecule has 148 valence electrons. The molecule has 3 rings (SSSR count). The number of nitrogens with one attached hydrogen (secondary N) is 1. The number of methoxy groups -OCH3 is 1. The van der Waals surface area contributed by atoms with Crippen molar-refractivity contribution >= 4 is 39.7 Å². The summed E-state index contributed by atoms with van der Waals surface area (Å²) >= 11 is 2.87. The number of rotatable bonds is 9. The summed E-state index contributed by atoms with van der Waals surface area (Å²) in [7, 11) is 1.68. The van der Waals surface area contributed by atoms with Crippen LogP contribution >= 0.6 is 23.1 Å². The molecule has 0 aliphatic carbocycles. The van der Waals surface area contributed by atoms with Gasteiger partial charge in [0.2, 0.25) is 5.13 Å². The molecule has 1 aromatic carbocycles. The molecule has 28 heavy (non-hydrogen) atoms. The Morgan fingerprint density at radius 1 is 1.21 bits per heavy atom. The zero-order chi connectivity index (χ0) is 20.1. The van der Waals surface area contributed by atoms with Gasteiger partial charge in [0.1, 0.15) is 0 Å². The molecular formula is C20H24N4O2S2. The van der Waals surface area contributed by atoms with E-state index in [0.29, 0.717) is 12.4 Å². The first kappa shape index (κ1) is 20.6. The van der Waals surface area contributed by atoms with Gasteiger partial charge in [0, 0.05) is 36.3 Å². The van der Waals surface area contributed by atoms with Gasteiger partial charge in [0.05, 0.1) is 12.4 Å². The van der Waals surface area contributed by atoms with E-state index in [1.807, 2.05) is 44.2 Å². The number of carbonyl (C=O) groups excluding carboxylic acids is 1. The number of aromatic nitrogens is 3. The first-order valence-corrected chi connectivity index (χ1v) is 10.8. The van der Waals surface area contributed by atoms with Crippen LogP contribution in [0.15, 0.2) is 34.7 Å². The average Bonchev–Trinajstić information content (AvgIpc) is 3.24. The van der Waals surface area contributed by atoms with E-state index in [1.165, 1.54) is 28.7 Å². The number of ketones is 1. The van der Waals surface area contributed by atoms with Crippen molar-refractivity contribution < 1.29 is 9.53 Å². The van der Waals surface area contributed by atoms with Gasteiger partial charge in [-0.1, -0.05) is 40.8 Å². The normalized spacial score (nSPS) is 11.0. The van der Waals surface area contributed by atoms with Gasteiger partial charge < -0.3 is 14.6 Å². The minimum Gasteiger partial charge on any atom is -0.383 e. The molecule has 8 heteroatoms. The molecule has 0 unspecified atom stereocenters. The van der Waals surface area contributed by atoms with Crippen molar-refractivity contribution in [3.05, 3.63) is 52.8 Å². The fraction of sp³-hybridized carbons (Fsp3) is 0.350. The zero-order valence-corrected chi connectivity index (χ0v) is 18.1. The minimum absolute atomic E-state index is 0.102. The number of anilines is 2. The Hall–Kier alpha value is -2.16. The lowest BCUT2D eigenvalue weighted by Crippen LogP contribution is -2.09. The van der Waals surface area contributed by atoms with Crippen molar-refractivity contribution in [3.63, 3.8) is 0 Å². The Kier molecular flexibility index (Phi) is 6.88. The summed E-state index contributed by atoms with van der Waals surface area (Å²) in [6.45, 7) is 7.42. The van der Waals surface area contributed by atoms with E-state index in [4.69, 9.17) is 4.74 Å². The van der Waals surface area contributed by atoms with E-state index in [2.05, 4.69) is 27.0 Å². The van der Waals surface area contributed by atoms with Crippen molar-refractivity contribution in [2.45, 2.75) is 31.7 Å². The number of Topliss-reactive ketones (excluding diaryl/α,β-unsaturated/α-hetero) is 1. The van der Waals surface area contributed by atoms with Crippen LogP contribution in [0.25, 0.3) is 0 Å². The molecule has 0 bridgehead atoms. The van der Waals surface area contributed by atoms with Crippen LogP contribution in [0.4, 0.5) is 10.8 Å². The lowest BCUT2D eigenvalue weighted by Gasteiger charge is -2.08. The maximum Gasteiger partial charge on any atom is 0.210 e. The van der Waals surface area contributed by atoms with Crippen molar-refractivity contribution in [2.75, 3.05) is 24.8 Å². The second-order valence-corrected chi connectivity index (χ2v) is 8.71. The highest BCUT2D eigenvalue weighted by Crippen LogP contribution is 2.29. The second-order valence-electron chi connectivity index (χ2n) is 6.51. The third kappa shape index (κ3) is 5.01. The summed E-state index contributed by atoms with van der Waals surface area (Å²) in [5, 5.41) is 12.3. The summed E-state index contributed by atoms with van der Waals surface area (Å²) < 4.78 is 8.05. The Morgan fingerprint density at radius 2 is 1.96 bits per heavy atom. The lowest BCUT2D eigenvalue weighted by molar-refractivity contribution is 0.102. The molecule has 0 atom stereocenters. The summed E-state index contributed by atoms with van der Waals surface area (Å²) in [6.07, 6.45) is 0. The molecular weight excluding hydrogens is 392 g/mol. The quantitative estimate of drug-likeness (QED) is 0.405. The highest BCUT2D eigenvalue weighted by molar-refractivity contribution is 8.01. The number of thioether (sulfide) groups is 1. The Morgan fingerprint density at radius 3 is 2.68 bits per heavy atom. The van der Waals surface area contributed by atoms with Crippen LogP contribution in [0.3, 0.4) is 0 Å². The molecule has 2 heterocycles. The summed E-state index contributed by atoms with van der Waals surface area (Å²) in [5.41, 5.74) is 5.00. The van der Waals surface area contributed by atoms with Gasteiger partial charge >= 0.3 is 0 Å². The largest absolute Gasteiger partial charge is 0.383 e. The SMILES string of the molecule is COCCn1c(C)cc(C(=O)CSc2nnc(Nc3ccc(C)cc3)s2)c1C. The highest BCUT2D eigenvalue weighted by Gasteiger charge is 2.17. The van der Waals surface area contributed by atoms with Crippen molar-refractivity contribution in [3.8, 4) is 0 Å². The van der Waals surface area contributed by atoms with Crippen LogP contribution in [0.1, 0.15) is 27.3 Å². The van der Waals surface area contributed by atoms with Crippen molar-refractivity contribution in [1.82, 2.24) is 14.8 Å². The van der Waals surface area contributed by atoms with Crippen LogP contribution in [-0.2, 0) is 11.3 Å². The topological polar surface area (TPSA) is 69.0 Å². The number of nitrogens with zero attached hydrogens (tertiary/aromatic N) is 3. The van der Waals surface area contributed by atoms with Crippen LogP contribution in [-0.4, -0.2) is 40.0 Å². The molecule has 0 amide bonds. The highest BCUT2D eigenvalue weighted by atomic mass is 32.2. The maximum atomic E-state index is 12.7.